The van der Waals surface area contributed by atoms with Crippen molar-refractivity contribution in [1.29, 1.82) is 0 Å². The van der Waals surface area contributed by atoms with Crippen molar-refractivity contribution < 1.29 is 4.79 Å². The number of carbonyl (C=O) groups is 1. The Hall–Kier alpha value is -2.30. The van der Waals surface area contributed by atoms with Crippen LogP contribution in [0.25, 0.3) is 0 Å². The molecule has 0 bridgehead atoms. The van der Waals surface area contributed by atoms with Gasteiger partial charge in [0, 0.05) is 42.8 Å². The molecule has 1 unspecified atom stereocenters. The van der Waals surface area contributed by atoms with Gasteiger partial charge in [-0.1, -0.05) is 0 Å². The highest BCUT2D eigenvalue weighted by atomic mass is 16.2. The summed E-state index contributed by atoms with van der Waals surface area (Å²) < 4.78 is 0. The molecule has 2 aromatic heterocycles. The molecule has 22 heavy (non-hydrogen) atoms. The predicted octanol–water partition coefficient (Wildman–Crippen LogP) is 2.51. The van der Waals surface area contributed by atoms with Crippen LogP contribution in [-0.2, 0) is 0 Å². The molecular weight excluding hydrogens is 276 g/mol. The summed E-state index contributed by atoms with van der Waals surface area (Å²) in [6, 6.07) is 5.62. The van der Waals surface area contributed by atoms with Gasteiger partial charge in [0.2, 0.25) is 0 Å². The maximum Gasteiger partial charge on any atom is 0.255 e. The molecule has 114 valence electrons. The van der Waals surface area contributed by atoms with Gasteiger partial charge in [0.15, 0.2) is 0 Å². The third kappa shape index (κ3) is 2.98. The van der Waals surface area contributed by atoms with E-state index in [1.54, 1.807) is 12.4 Å². The van der Waals surface area contributed by atoms with E-state index in [1.807, 2.05) is 36.9 Å². The molecule has 0 N–H and O–H groups in total. The van der Waals surface area contributed by atoms with E-state index in [0.29, 0.717) is 12.1 Å². The molecule has 0 spiro atoms. The maximum atomic E-state index is 12.7. The molecule has 0 aromatic carbocycles. The average molecular weight is 296 g/mol. The Bertz CT molecular complexity index is 686. The fourth-order valence-corrected chi connectivity index (χ4v) is 2.99. The zero-order chi connectivity index (χ0) is 15.5. The number of piperidine rings is 1. The molecule has 0 aliphatic carbocycles. The van der Waals surface area contributed by atoms with E-state index in [2.05, 4.69) is 15.0 Å². The Morgan fingerprint density at radius 3 is 2.86 bits per heavy atom. The van der Waals surface area contributed by atoms with Gasteiger partial charge in [-0.15, -0.1) is 0 Å². The Balaban J connectivity index is 1.78. The van der Waals surface area contributed by atoms with E-state index in [9.17, 15) is 4.79 Å². The van der Waals surface area contributed by atoms with Crippen LogP contribution in [-0.4, -0.2) is 38.8 Å². The predicted molar refractivity (Wildman–Crippen MR) is 83.6 cm³/mol. The lowest BCUT2D eigenvalue weighted by Crippen LogP contribution is -2.39. The van der Waals surface area contributed by atoms with E-state index in [-0.39, 0.29) is 11.8 Å². The summed E-state index contributed by atoms with van der Waals surface area (Å²) >= 11 is 0. The highest BCUT2D eigenvalue weighted by Crippen LogP contribution is 2.26. The highest BCUT2D eigenvalue weighted by molar-refractivity contribution is 5.95. The third-order valence-corrected chi connectivity index (χ3v) is 4.16. The Kier molecular flexibility index (Phi) is 4.13. The van der Waals surface area contributed by atoms with Crippen molar-refractivity contribution in [3.63, 3.8) is 0 Å². The number of rotatable bonds is 2. The number of hydrogen-bond donors (Lipinski definition) is 0. The normalized spacial score (nSPS) is 18.3. The number of aryl methyl sites for hydroxylation is 2. The molecule has 5 heteroatoms. The van der Waals surface area contributed by atoms with Crippen LogP contribution in [0.3, 0.4) is 0 Å². The first-order valence-electron chi connectivity index (χ1n) is 7.65. The highest BCUT2D eigenvalue weighted by Gasteiger charge is 2.27. The molecule has 1 amide bonds. The second-order valence-corrected chi connectivity index (χ2v) is 5.76. The van der Waals surface area contributed by atoms with Crippen LogP contribution >= 0.6 is 0 Å². The van der Waals surface area contributed by atoms with Crippen molar-refractivity contribution in [3.05, 3.63) is 53.4 Å². The zero-order valence-corrected chi connectivity index (χ0v) is 13.0. The summed E-state index contributed by atoms with van der Waals surface area (Å²) in [5.41, 5.74) is 2.52. The molecule has 1 aliphatic heterocycles. The summed E-state index contributed by atoms with van der Waals surface area (Å²) in [5, 5.41) is 0. The Labute approximate surface area is 130 Å². The molecule has 1 saturated heterocycles. The molecular formula is C17H20N4O. The summed E-state index contributed by atoms with van der Waals surface area (Å²) in [5.74, 6) is 1.14. The Morgan fingerprint density at radius 1 is 1.23 bits per heavy atom. The van der Waals surface area contributed by atoms with Gasteiger partial charge in [-0.25, -0.2) is 9.97 Å². The van der Waals surface area contributed by atoms with Crippen molar-refractivity contribution in [2.45, 2.75) is 32.6 Å². The largest absolute Gasteiger partial charge is 0.338 e. The van der Waals surface area contributed by atoms with Gasteiger partial charge in [-0.05, 0) is 44.9 Å². The number of pyridine rings is 1. The van der Waals surface area contributed by atoms with Crippen molar-refractivity contribution >= 4 is 5.91 Å². The van der Waals surface area contributed by atoms with E-state index in [0.717, 1.165) is 36.6 Å². The average Bonchev–Trinajstić information content (AvgIpc) is 2.55. The molecule has 1 aliphatic rings. The summed E-state index contributed by atoms with van der Waals surface area (Å²) in [6.07, 6.45) is 5.57. The van der Waals surface area contributed by atoms with E-state index in [4.69, 9.17) is 0 Å². The van der Waals surface area contributed by atoms with Gasteiger partial charge >= 0.3 is 0 Å². The minimum atomic E-state index is 0.0704. The first-order chi connectivity index (χ1) is 10.6. The lowest BCUT2D eigenvalue weighted by Gasteiger charge is -2.32. The summed E-state index contributed by atoms with van der Waals surface area (Å²) in [4.78, 5) is 27.5. The standard InChI is InChI=1S/C17H20N4O/c1-12-15(6-3-8-18-12)17(22)21-10-4-5-14(11-21)16-7-9-19-13(2)20-16/h3,6-9,14H,4-5,10-11H2,1-2H3. The fraction of sp³-hybridized carbons (Fsp3) is 0.412. The second kappa shape index (κ2) is 6.22. The number of amides is 1. The van der Waals surface area contributed by atoms with Crippen LogP contribution in [0, 0.1) is 13.8 Å². The smallest absolute Gasteiger partial charge is 0.255 e. The number of nitrogens with zero attached hydrogens (tertiary/aromatic N) is 4. The minimum absolute atomic E-state index is 0.0704. The first kappa shape index (κ1) is 14.6. The lowest BCUT2D eigenvalue weighted by atomic mass is 9.94. The van der Waals surface area contributed by atoms with Gasteiger partial charge in [-0.2, -0.15) is 0 Å². The van der Waals surface area contributed by atoms with Crippen molar-refractivity contribution in [2.24, 2.45) is 0 Å². The van der Waals surface area contributed by atoms with Crippen molar-refractivity contribution in [2.75, 3.05) is 13.1 Å². The molecule has 1 fully saturated rings. The number of likely N-dealkylation sites (tertiary alicyclic amines) is 1. The fourth-order valence-electron chi connectivity index (χ4n) is 2.99. The van der Waals surface area contributed by atoms with Crippen molar-refractivity contribution in [3.8, 4) is 0 Å². The second-order valence-electron chi connectivity index (χ2n) is 5.76. The zero-order valence-electron chi connectivity index (χ0n) is 13.0. The summed E-state index contributed by atoms with van der Waals surface area (Å²) in [7, 11) is 0. The maximum absolute atomic E-state index is 12.7. The molecule has 0 saturated carbocycles. The monoisotopic (exact) mass is 296 g/mol. The third-order valence-electron chi connectivity index (χ3n) is 4.16. The van der Waals surface area contributed by atoms with Crippen molar-refractivity contribution in [1.82, 2.24) is 19.9 Å². The van der Waals surface area contributed by atoms with Gasteiger partial charge in [0.1, 0.15) is 5.82 Å². The van der Waals surface area contributed by atoms with E-state index >= 15 is 0 Å². The van der Waals surface area contributed by atoms with Crippen LogP contribution in [0.4, 0.5) is 0 Å². The van der Waals surface area contributed by atoms with Gasteiger partial charge in [-0.3, -0.25) is 9.78 Å². The number of carbonyl (C=O) groups excluding carboxylic acids is 1. The molecule has 3 rings (SSSR count). The topological polar surface area (TPSA) is 59.0 Å². The quantitative estimate of drug-likeness (QED) is 0.854. The molecule has 1 atom stereocenters. The molecule has 0 radical (unpaired) electrons. The lowest BCUT2D eigenvalue weighted by molar-refractivity contribution is 0.0704. The molecule has 2 aromatic rings. The van der Waals surface area contributed by atoms with Gasteiger partial charge in [0.25, 0.3) is 5.91 Å². The molecule has 5 nitrogen and oxygen atoms in total. The van der Waals surface area contributed by atoms with Crippen LogP contribution in [0.1, 0.15) is 46.3 Å². The van der Waals surface area contributed by atoms with E-state index in [1.165, 1.54) is 0 Å². The van der Waals surface area contributed by atoms with Crippen LogP contribution in [0.2, 0.25) is 0 Å². The molecule has 3 heterocycles. The Morgan fingerprint density at radius 2 is 2.09 bits per heavy atom. The number of hydrogen-bond acceptors (Lipinski definition) is 4. The summed E-state index contributed by atoms with van der Waals surface area (Å²) in [6.45, 7) is 5.29. The van der Waals surface area contributed by atoms with Gasteiger partial charge < -0.3 is 4.90 Å². The SMILES string of the molecule is Cc1nccc(C2CCCN(C(=O)c3cccnc3C)C2)n1. The minimum Gasteiger partial charge on any atom is -0.338 e. The number of aromatic nitrogens is 3. The van der Waals surface area contributed by atoms with Crippen LogP contribution in [0.5, 0.6) is 0 Å². The van der Waals surface area contributed by atoms with Crippen LogP contribution in [0.15, 0.2) is 30.6 Å². The first-order valence-corrected chi connectivity index (χ1v) is 7.65. The van der Waals surface area contributed by atoms with Gasteiger partial charge in [0.05, 0.1) is 5.56 Å². The van der Waals surface area contributed by atoms with E-state index < -0.39 is 0 Å². The van der Waals surface area contributed by atoms with Crippen LogP contribution < -0.4 is 0 Å².